The van der Waals surface area contributed by atoms with E-state index in [2.05, 4.69) is 44.8 Å². The van der Waals surface area contributed by atoms with Crippen molar-refractivity contribution in [2.75, 3.05) is 13.1 Å². The standard InChI is InChI=1S/C32H33BrFN5O/c1-2-23-7-10-26(11-8-23)32-36-31(25-12-14-28(34)15-13-25)37-39(32)22-30(40)38-19-17-24(18-20-38)9-16-29-6-4-3-5-27(33)21-35-29/h2,5-8,10-15,21,24H,1,3-4,9,16-20,22H2/b27-5+,29-6-,35-21+. The molecule has 2 aromatic carbocycles. The van der Waals surface area contributed by atoms with Crippen molar-refractivity contribution in [1.82, 2.24) is 19.7 Å². The van der Waals surface area contributed by atoms with E-state index < -0.39 is 0 Å². The predicted octanol–water partition coefficient (Wildman–Crippen LogP) is 7.44. The third-order valence-electron chi connectivity index (χ3n) is 7.48. The van der Waals surface area contributed by atoms with Crippen LogP contribution in [0, 0.1) is 11.7 Å². The monoisotopic (exact) mass is 601 g/mol. The number of carbonyl (C=O) groups excluding carboxylic acids is 1. The Labute approximate surface area is 243 Å². The molecule has 2 aliphatic rings. The fraction of sp³-hybridized carbons (Fsp3) is 0.312. The Morgan fingerprint density at radius 2 is 1.73 bits per heavy atom. The Balaban J connectivity index is 1.24. The summed E-state index contributed by atoms with van der Waals surface area (Å²) in [6, 6.07) is 13.9. The molecule has 0 spiro atoms. The van der Waals surface area contributed by atoms with Gasteiger partial charge < -0.3 is 4.90 Å². The molecule has 0 N–H and O–H groups in total. The highest BCUT2D eigenvalue weighted by Crippen LogP contribution is 2.27. The number of aromatic nitrogens is 3. The molecule has 1 aromatic heterocycles. The second-order valence-corrected chi connectivity index (χ2v) is 11.1. The third-order valence-corrected chi connectivity index (χ3v) is 8.01. The van der Waals surface area contributed by atoms with Crippen LogP contribution in [0.15, 0.2) is 82.4 Å². The summed E-state index contributed by atoms with van der Waals surface area (Å²) in [5, 5.41) is 4.67. The minimum absolute atomic E-state index is 0.0296. The molecule has 0 radical (unpaired) electrons. The molecular weight excluding hydrogens is 569 g/mol. The Bertz CT molecular complexity index is 1430. The Kier molecular flexibility index (Phi) is 9.16. The number of amides is 1. The van der Waals surface area contributed by atoms with Gasteiger partial charge in [0.1, 0.15) is 12.4 Å². The Morgan fingerprint density at radius 1 is 1.02 bits per heavy atom. The fourth-order valence-corrected chi connectivity index (χ4v) is 5.43. The van der Waals surface area contributed by atoms with Crippen LogP contribution in [0.4, 0.5) is 4.39 Å². The first kappa shape index (κ1) is 27.9. The van der Waals surface area contributed by atoms with Gasteiger partial charge in [-0.2, -0.15) is 0 Å². The first-order chi connectivity index (χ1) is 19.5. The number of benzene rings is 2. The maximum atomic E-state index is 13.5. The zero-order chi connectivity index (χ0) is 27.9. The highest BCUT2D eigenvalue weighted by atomic mass is 79.9. The number of carbonyl (C=O) groups is 1. The lowest BCUT2D eigenvalue weighted by Crippen LogP contribution is -2.40. The van der Waals surface area contributed by atoms with E-state index in [0.717, 1.165) is 72.9 Å². The molecule has 1 amide bonds. The second kappa shape index (κ2) is 13.1. The van der Waals surface area contributed by atoms with E-state index in [1.807, 2.05) is 35.4 Å². The van der Waals surface area contributed by atoms with Crippen LogP contribution in [0.5, 0.6) is 0 Å². The van der Waals surface area contributed by atoms with Gasteiger partial charge in [0.25, 0.3) is 0 Å². The maximum Gasteiger partial charge on any atom is 0.244 e. The van der Waals surface area contributed by atoms with Gasteiger partial charge in [-0.3, -0.25) is 9.79 Å². The molecule has 3 heterocycles. The number of aliphatic imine (C=N–C) groups is 1. The van der Waals surface area contributed by atoms with E-state index in [4.69, 9.17) is 4.98 Å². The lowest BCUT2D eigenvalue weighted by molar-refractivity contribution is -0.133. The number of nitrogens with zero attached hydrogens (tertiary/aromatic N) is 5. The van der Waals surface area contributed by atoms with Crippen molar-refractivity contribution in [1.29, 1.82) is 0 Å². The Hall–Kier alpha value is -3.65. The molecule has 40 heavy (non-hydrogen) atoms. The average Bonchev–Trinajstić information content (AvgIpc) is 3.39. The minimum atomic E-state index is -0.318. The largest absolute Gasteiger partial charge is 0.341 e. The first-order valence-corrected chi connectivity index (χ1v) is 14.6. The minimum Gasteiger partial charge on any atom is -0.341 e. The van der Waals surface area contributed by atoms with Crippen LogP contribution in [0.1, 0.15) is 44.1 Å². The van der Waals surface area contributed by atoms with Crippen molar-refractivity contribution in [2.45, 2.75) is 45.1 Å². The molecule has 3 aromatic rings. The quantitative estimate of drug-likeness (QED) is 0.269. The van der Waals surface area contributed by atoms with E-state index in [-0.39, 0.29) is 18.3 Å². The van der Waals surface area contributed by atoms with E-state index in [1.165, 1.54) is 12.1 Å². The van der Waals surface area contributed by atoms with Crippen LogP contribution in [-0.4, -0.2) is 44.9 Å². The topological polar surface area (TPSA) is 63.4 Å². The van der Waals surface area contributed by atoms with Crippen molar-refractivity contribution in [2.24, 2.45) is 10.9 Å². The third kappa shape index (κ3) is 7.10. The van der Waals surface area contributed by atoms with Gasteiger partial charge in [-0.1, -0.05) is 49.1 Å². The van der Waals surface area contributed by atoms with Gasteiger partial charge in [-0.15, -0.1) is 5.10 Å². The van der Waals surface area contributed by atoms with Crippen LogP contribution < -0.4 is 0 Å². The number of allylic oxidation sites excluding steroid dienone is 4. The summed E-state index contributed by atoms with van der Waals surface area (Å²) in [5.74, 6) is 1.36. The molecule has 0 aliphatic carbocycles. The van der Waals surface area contributed by atoms with Crippen LogP contribution in [0.25, 0.3) is 28.9 Å². The summed E-state index contributed by atoms with van der Waals surface area (Å²) in [4.78, 5) is 24.7. The molecule has 0 atom stereocenters. The molecule has 1 fully saturated rings. The van der Waals surface area contributed by atoms with E-state index >= 15 is 0 Å². The number of hydrogen-bond acceptors (Lipinski definition) is 4. The molecule has 0 saturated carbocycles. The normalized spacial score (nSPS) is 19.6. The van der Waals surface area contributed by atoms with Crippen LogP contribution in [0.3, 0.4) is 0 Å². The molecule has 1 saturated heterocycles. The lowest BCUT2D eigenvalue weighted by Gasteiger charge is -2.32. The van der Waals surface area contributed by atoms with Crippen molar-refractivity contribution in [3.63, 3.8) is 0 Å². The van der Waals surface area contributed by atoms with Gasteiger partial charge >= 0.3 is 0 Å². The molecule has 206 valence electrons. The van der Waals surface area contributed by atoms with Crippen LogP contribution in [0.2, 0.25) is 0 Å². The summed E-state index contributed by atoms with van der Waals surface area (Å²) < 4.78 is 16.2. The summed E-state index contributed by atoms with van der Waals surface area (Å²) >= 11 is 3.53. The van der Waals surface area contributed by atoms with E-state index in [9.17, 15) is 9.18 Å². The molecular formula is C32H33BrFN5O. The van der Waals surface area contributed by atoms with Gasteiger partial charge in [0.15, 0.2) is 11.6 Å². The summed E-state index contributed by atoms with van der Waals surface area (Å²) in [6.07, 6.45) is 14.1. The molecule has 2 aliphatic heterocycles. The molecule has 6 nitrogen and oxygen atoms in total. The molecule has 5 rings (SSSR count). The SMILES string of the molecule is C=Cc1ccc(-c2nc(-c3ccc(F)cc3)nn2CC(=O)N2CCC(CCC3=C\CC\C=C(Br)/C=N/3)CC2)cc1. The highest BCUT2D eigenvalue weighted by molar-refractivity contribution is 9.12. The van der Waals surface area contributed by atoms with Crippen LogP contribution >= 0.6 is 15.9 Å². The number of hydrogen-bond donors (Lipinski definition) is 0. The second-order valence-electron chi connectivity index (χ2n) is 10.2. The van der Waals surface area contributed by atoms with E-state index in [1.54, 1.807) is 22.9 Å². The van der Waals surface area contributed by atoms with Crippen molar-refractivity contribution >= 4 is 34.1 Å². The zero-order valence-corrected chi connectivity index (χ0v) is 24.1. The van der Waals surface area contributed by atoms with Crippen molar-refractivity contribution < 1.29 is 9.18 Å². The van der Waals surface area contributed by atoms with Gasteiger partial charge in [-0.05, 0) is 90.2 Å². The van der Waals surface area contributed by atoms with E-state index in [0.29, 0.717) is 23.1 Å². The molecule has 0 bridgehead atoms. The average molecular weight is 603 g/mol. The summed E-state index contributed by atoms with van der Waals surface area (Å²) in [5.41, 5.74) is 3.70. The van der Waals surface area contributed by atoms with Crippen LogP contribution in [-0.2, 0) is 11.3 Å². The van der Waals surface area contributed by atoms with Gasteiger partial charge in [0.05, 0.1) is 0 Å². The summed E-state index contributed by atoms with van der Waals surface area (Å²) in [6.45, 7) is 5.39. The summed E-state index contributed by atoms with van der Waals surface area (Å²) in [7, 11) is 0. The molecule has 0 unspecified atom stereocenters. The lowest BCUT2D eigenvalue weighted by atomic mass is 9.91. The smallest absolute Gasteiger partial charge is 0.244 e. The number of halogens is 2. The maximum absolute atomic E-state index is 13.5. The van der Waals surface area contributed by atoms with Gasteiger partial charge in [0, 0.05) is 40.6 Å². The predicted molar refractivity (Wildman–Crippen MR) is 162 cm³/mol. The first-order valence-electron chi connectivity index (χ1n) is 13.8. The van der Waals surface area contributed by atoms with Gasteiger partial charge in [-0.25, -0.2) is 14.1 Å². The highest BCUT2D eigenvalue weighted by Gasteiger charge is 2.25. The Morgan fingerprint density at radius 3 is 2.45 bits per heavy atom. The van der Waals surface area contributed by atoms with Crippen molar-refractivity contribution in [3.8, 4) is 22.8 Å². The zero-order valence-electron chi connectivity index (χ0n) is 22.5. The van der Waals surface area contributed by atoms with Gasteiger partial charge in [0.2, 0.25) is 5.91 Å². The molecule has 8 heteroatoms. The number of likely N-dealkylation sites (tertiary alicyclic amines) is 1. The number of rotatable bonds is 8. The van der Waals surface area contributed by atoms with Crippen molar-refractivity contribution in [3.05, 3.63) is 88.8 Å². The fourth-order valence-electron chi connectivity index (χ4n) is 5.09. The number of piperidine rings is 1.